The minimum atomic E-state index is -0.447. The quantitative estimate of drug-likeness (QED) is 0.354. The van der Waals surface area contributed by atoms with E-state index in [2.05, 4.69) is 10.2 Å². The van der Waals surface area contributed by atoms with Crippen molar-refractivity contribution in [2.24, 2.45) is 5.10 Å². The molecule has 1 aromatic carbocycles. The Bertz CT molecular complexity index is 1280. The minimum Gasteiger partial charge on any atom is -0.467 e. The lowest BCUT2D eigenvalue weighted by Crippen LogP contribution is -2.31. The number of hydrazone groups is 1. The zero-order valence-electron chi connectivity index (χ0n) is 18.2. The van der Waals surface area contributed by atoms with Crippen LogP contribution in [-0.2, 0) is 20.7 Å². The first-order valence-corrected chi connectivity index (χ1v) is 11.8. The number of hydrogen-bond acceptors (Lipinski definition) is 7. The molecule has 0 N–H and O–H groups in total. The maximum absolute atomic E-state index is 12.9. The molecule has 3 aromatic heterocycles. The van der Waals surface area contributed by atoms with Crippen LogP contribution in [0.5, 0.6) is 0 Å². The van der Waals surface area contributed by atoms with Gasteiger partial charge < -0.3 is 9.15 Å². The number of furan rings is 1. The van der Waals surface area contributed by atoms with E-state index in [-0.39, 0.29) is 19.1 Å². The molecule has 0 saturated heterocycles. The second-order valence-corrected chi connectivity index (χ2v) is 8.73. The van der Waals surface area contributed by atoms with Crippen LogP contribution in [0.1, 0.15) is 35.1 Å². The molecule has 1 atom stereocenters. The van der Waals surface area contributed by atoms with Gasteiger partial charge in [0.25, 0.3) is 5.91 Å². The minimum absolute atomic E-state index is 0.152. The van der Waals surface area contributed by atoms with Gasteiger partial charge in [-0.2, -0.15) is 10.2 Å². The summed E-state index contributed by atoms with van der Waals surface area (Å²) in [6, 6.07) is 16.9. The molecule has 1 aliphatic heterocycles. The first-order chi connectivity index (χ1) is 16.7. The van der Waals surface area contributed by atoms with E-state index in [9.17, 15) is 9.59 Å². The second kappa shape index (κ2) is 9.88. The Hall–Kier alpha value is -3.98. The van der Waals surface area contributed by atoms with Gasteiger partial charge in [-0.3, -0.25) is 9.59 Å². The Labute approximate surface area is 200 Å². The molecule has 4 aromatic rings. The molecule has 0 aliphatic carbocycles. The number of amides is 1. The smallest absolute Gasteiger partial charge is 0.306 e. The molecule has 5 rings (SSSR count). The van der Waals surface area contributed by atoms with Gasteiger partial charge in [-0.1, -0.05) is 24.3 Å². The van der Waals surface area contributed by atoms with Crippen LogP contribution in [-0.4, -0.2) is 39.0 Å². The Morgan fingerprint density at radius 2 is 2.00 bits per heavy atom. The molecule has 0 bridgehead atoms. The van der Waals surface area contributed by atoms with Crippen molar-refractivity contribution >= 4 is 28.9 Å². The highest BCUT2D eigenvalue weighted by Gasteiger charge is 2.35. The first kappa shape index (κ1) is 21.8. The lowest BCUT2D eigenvalue weighted by atomic mass is 10.1. The molecular weight excluding hydrogens is 452 g/mol. The number of aryl methyl sites for hydroxylation is 1. The van der Waals surface area contributed by atoms with E-state index in [4.69, 9.17) is 9.15 Å². The number of ether oxygens (including phenoxy) is 1. The molecule has 172 valence electrons. The molecule has 0 radical (unpaired) electrons. The fourth-order valence-corrected chi connectivity index (χ4v) is 4.49. The van der Waals surface area contributed by atoms with E-state index in [1.54, 1.807) is 34.5 Å². The van der Waals surface area contributed by atoms with E-state index in [0.29, 0.717) is 18.6 Å². The van der Waals surface area contributed by atoms with E-state index >= 15 is 0 Å². The van der Waals surface area contributed by atoms with Crippen molar-refractivity contribution in [2.75, 3.05) is 6.61 Å². The highest BCUT2D eigenvalue weighted by atomic mass is 32.1. The lowest BCUT2D eigenvalue weighted by Gasteiger charge is -2.19. The number of nitrogens with zero attached hydrogens (tertiary/aromatic N) is 4. The van der Waals surface area contributed by atoms with Crippen molar-refractivity contribution in [1.29, 1.82) is 0 Å². The Balaban J connectivity index is 1.17. The maximum Gasteiger partial charge on any atom is 0.306 e. The molecule has 0 saturated carbocycles. The fraction of sp³-hybridized carbons (Fsp3) is 0.200. The molecule has 4 heterocycles. The zero-order valence-corrected chi connectivity index (χ0v) is 19.1. The number of carbonyl (C=O) groups is 2. The van der Waals surface area contributed by atoms with Crippen molar-refractivity contribution in [3.05, 3.63) is 94.8 Å². The highest BCUT2D eigenvalue weighted by Crippen LogP contribution is 2.34. The summed E-state index contributed by atoms with van der Waals surface area (Å²) in [6.45, 7) is -0.374. The van der Waals surface area contributed by atoms with Crippen LogP contribution in [0, 0.1) is 0 Å². The number of esters is 1. The van der Waals surface area contributed by atoms with Crippen LogP contribution < -0.4 is 0 Å². The van der Waals surface area contributed by atoms with Gasteiger partial charge >= 0.3 is 5.97 Å². The Kier molecular flexibility index (Phi) is 6.35. The second-order valence-electron chi connectivity index (χ2n) is 7.79. The van der Waals surface area contributed by atoms with Gasteiger partial charge in [-0.15, -0.1) is 11.3 Å². The van der Waals surface area contributed by atoms with Crippen LogP contribution in [0.15, 0.2) is 88.2 Å². The van der Waals surface area contributed by atoms with Crippen LogP contribution in [0.25, 0.3) is 5.69 Å². The number of para-hydroxylation sites is 1. The number of benzene rings is 1. The summed E-state index contributed by atoms with van der Waals surface area (Å²) < 4.78 is 12.6. The van der Waals surface area contributed by atoms with E-state index in [1.807, 2.05) is 60.1 Å². The van der Waals surface area contributed by atoms with Gasteiger partial charge in [0.1, 0.15) is 11.8 Å². The number of thiophene rings is 1. The van der Waals surface area contributed by atoms with Crippen molar-refractivity contribution < 1.29 is 18.7 Å². The molecule has 8 nitrogen and oxygen atoms in total. The van der Waals surface area contributed by atoms with Crippen LogP contribution in [0.2, 0.25) is 0 Å². The largest absolute Gasteiger partial charge is 0.467 e. The summed E-state index contributed by atoms with van der Waals surface area (Å²) in [5, 5.41) is 12.2. The Morgan fingerprint density at radius 1 is 1.12 bits per heavy atom. The maximum atomic E-state index is 12.9. The topological polar surface area (TPSA) is 89.9 Å². The summed E-state index contributed by atoms with van der Waals surface area (Å²) >= 11 is 1.56. The first-order valence-electron chi connectivity index (χ1n) is 10.9. The summed E-state index contributed by atoms with van der Waals surface area (Å²) in [5.74, 6) is -0.194. The fourth-order valence-electron chi connectivity index (χ4n) is 3.77. The standard InChI is InChI=1S/C25H22N4O4S/c30-24(29-21(22-8-4-12-32-22)14-20(27-29)23-9-5-13-34-23)17-33-25(31)11-10-18-15-26-28(16-18)19-6-2-1-3-7-19/h1-9,12-13,15-16,21H,10-11,14,17H2. The molecule has 1 unspecified atom stereocenters. The van der Waals surface area contributed by atoms with E-state index in [0.717, 1.165) is 21.8 Å². The molecule has 0 fully saturated rings. The molecule has 1 aliphatic rings. The zero-order chi connectivity index (χ0) is 23.3. The number of rotatable bonds is 8. The average Bonchev–Trinajstić information content (AvgIpc) is 3.67. The predicted octanol–water partition coefficient (Wildman–Crippen LogP) is 4.38. The Morgan fingerprint density at radius 3 is 2.76 bits per heavy atom. The third-order valence-corrected chi connectivity index (χ3v) is 6.39. The number of hydrogen-bond donors (Lipinski definition) is 0. The number of carbonyl (C=O) groups excluding carboxylic acids is 2. The number of aromatic nitrogens is 2. The average molecular weight is 475 g/mol. The van der Waals surface area contributed by atoms with Crippen LogP contribution >= 0.6 is 11.3 Å². The highest BCUT2D eigenvalue weighted by molar-refractivity contribution is 7.12. The van der Waals surface area contributed by atoms with Gasteiger partial charge in [-0.05, 0) is 47.7 Å². The van der Waals surface area contributed by atoms with Gasteiger partial charge in [0.05, 0.1) is 28.7 Å². The summed E-state index contributed by atoms with van der Waals surface area (Å²) in [6.07, 6.45) is 6.34. The van der Waals surface area contributed by atoms with Gasteiger partial charge in [-0.25, -0.2) is 9.69 Å². The van der Waals surface area contributed by atoms with E-state index < -0.39 is 11.9 Å². The molecular formula is C25H22N4O4S. The van der Waals surface area contributed by atoms with Crippen molar-refractivity contribution in [3.8, 4) is 5.69 Å². The lowest BCUT2D eigenvalue weighted by molar-refractivity contribution is -0.152. The normalized spacial score (nSPS) is 15.4. The van der Waals surface area contributed by atoms with Crippen molar-refractivity contribution in [2.45, 2.75) is 25.3 Å². The van der Waals surface area contributed by atoms with Crippen molar-refractivity contribution in [3.63, 3.8) is 0 Å². The summed E-state index contributed by atoms with van der Waals surface area (Å²) in [4.78, 5) is 26.2. The van der Waals surface area contributed by atoms with Gasteiger partial charge in [0, 0.05) is 19.0 Å². The third kappa shape index (κ3) is 4.84. The SMILES string of the molecule is O=C(CCc1cnn(-c2ccccc2)c1)OCC(=O)N1N=C(c2cccs2)CC1c1ccco1. The molecule has 1 amide bonds. The van der Waals surface area contributed by atoms with Crippen LogP contribution in [0.3, 0.4) is 0 Å². The van der Waals surface area contributed by atoms with Crippen molar-refractivity contribution in [1.82, 2.24) is 14.8 Å². The van der Waals surface area contributed by atoms with Crippen LogP contribution in [0.4, 0.5) is 0 Å². The predicted molar refractivity (Wildman–Crippen MR) is 127 cm³/mol. The monoisotopic (exact) mass is 474 g/mol. The molecule has 0 spiro atoms. The summed E-state index contributed by atoms with van der Waals surface area (Å²) in [5.41, 5.74) is 2.67. The summed E-state index contributed by atoms with van der Waals surface area (Å²) in [7, 11) is 0. The molecule has 9 heteroatoms. The van der Waals surface area contributed by atoms with E-state index in [1.165, 1.54) is 5.01 Å². The molecule has 34 heavy (non-hydrogen) atoms. The van der Waals surface area contributed by atoms with Gasteiger partial charge in [0.2, 0.25) is 0 Å². The third-order valence-electron chi connectivity index (χ3n) is 5.47. The van der Waals surface area contributed by atoms with Gasteiger partial charge in [0.15, 0.2) is 6.61 Å².